The summed E-state index contributed by atoms with van der Waals surface area (Å²) in [5, 5.41) is 1.76. The number of hydrogen-bond donors (Lipinski definition) is 1. The van der Waals surface area contributed by atoms with Crippen molar-refractivity contribution in [3.8, 4) is 0 Å². The third-order valence-corrected chi connectivity index (χ3v) is 8.88. The lowest BCUT2D eigenvalue weighted by Gasteiger charge is -2.16. The maximum atomic E-state index is 14.3. The van der Waals surface area contributed by atoms with Crippen LogP contribution in [0.25, 0.3) is 0 Å². The fourth-order valence-electron chi connectivity index (χ4n) is 3.25. The molecule has 0 aliphatic heterocycles. The number of nitrogens with one attached hydrogen (secondary N) is 1. The van der Waals surface area contributed by atoms with E-state index in [0.29, 0.717) is 5.56 Å². The van der Waals surface area contributed by atoms with E-state index < -0.39 is 58.3 Å². The Labute approximate surface area is 199 Å². The van der Waals surface area contributed by atoms with Crippen LogP contribution in [0.1, 0.15) is 24.1 Å². The lowest BCUT2D eigenvalue weighted by Crippen LogP contribution is -2.38. The molecule has 0 aromatic heterocycles. The van der Waals surface area contributed by atoms with Gasteiger partial charge in [0.05, 0.1) is 20.7 Å². The van der Waals surface area contributed by atoms with Crippen LogP contribution in [0.5, 0.6) is 0 Å². The Bertz CT molecular complexity index is 1480. The molecule has 0 saturated carbocycles. The number of rotatable bonds is 6. The predicted octanol–water partition coefficient (Wildman–Crippen LogP) is 4.54. The van der Waals surface area contributed by atoms with Gasteiger partial charge in [-0.05, 0) is 61.4 Å². The summed E-state index contributed by atoms with van der Waals surface area (Å²) in [6, 6.07) is 11.6. The third kappa shape index (κ3) is 5.38. The number of aryl methyl sites for hydroxylation is 1. The first kappa shape index (κ1) is 26.4. The van der Waals surface area contributed by atoms with Crippen molar-refractivity contribution in [1.29, 1.82) is 0 Å². The van der Waals surface area contributed by atoms with Crippen LogP contribution in [0.4, 0.5) is 17.6 Å². The molecule has 0 spiro atoms. The molecule has 0 bridgehead atoms. The third-order valence-electron chi connectivity index (χ3n) is 5.10. The summed E-state index contributed by atoms with van der Waals surface area (Å²) in [7, 11) is -9.02. The minimum Gasteiger partial charge on any atom is -0.342 e. The standard InChI is InChI=1S/C23H19F4NO5S2/c1-14-7-12-20(21(13-14)35(32,33)19-6-4-3-5-18(19)24)34(30,31)17-10-8-16(9-11-17)15(2)28-22(29)23(25,26)27/h3-13,15H,1-2H3,(H,28,29)/t15-/m0/s1. The van der Waals surface area contributed by atoms with Crippen LogP contribution >= 0.6 is 0 Å². The Kier molecular flexibility index (Phi) is 7.09. The summed E-state index contributed by atoms with van der Waals surface area (Å²) in [5.74, 6) is -3.19. The van der Waals surface area contributed by atoms with Gasteiger partial charge in [0.15, 0.2) is 0 Å². The topological polar surface area (TPSA) is 97.4 Å². The molecule has 12 heteroatoms. The maximum absolute atomic E-state index is 14.3. The summed E-state index contributed by atoms with van der Waals surface area (Å²) >= 11 is 0. The van der Waals surface area contributed by atoms with E-state index in [0.717, 1.165) is 36.4 Å². The molecule has 0 saturated heterocycles. The van der Waals surface area contributed by atoms with Gasteiger partial charge in [0.1, 0.15) is 10.7 Å². The minimum absolute atomic E-state index is 0.185. The van der Waals surface area contributed by atoms with E-state index >= 15 is 0 Å². The van der Waals surface area contributed by atoms with Crippen LogP contribution in [0.15, 0.2) is 86.3 Å². The van der Waals surface area contributed by atoms with E-state index in [-0.39, 0.29) is 10.5 Å². The maximum Gasteiger partial charge on any atom is 0.471 e. The molecule has 0 unspecified atom stereocenters. The second-order valence-corrected chi connectivity index (χ2v) is 11.5. The molecule has 3 aromatic carbocycles. The fourth-order valence-corrected chi connectivity index (χ4v) is 6.72. The molecule has 1 amide bonds. The zero-order chi connectivity index (χ0) is 26.2. The average molecular weight is 530 g/mol. The Morgan fingerprint density at radius 3 is 2.00 bits per heavy atom. The van der Waals surface area contributed by atoms with Crippen molar-refractivity contribution in [2.45, 2.75) is 45.6 Å². The van der Waals surface area contributed by atoms with E-state index in [4.69, 9.17) is 0 Å². The molecule has 1 atom stereocenters. The summed E-state index contributed by atoms with van der Waals surface area (Å²) in [4.78, 5) is 8.91. The van der Waals surface area contributed by atoms with Gasteiger partial charge in [0, 0.05) is 0 Å². The molecule has 0 aliphatic rings. The molecule has 35 heavy (non-hydrogen) atoms. The van der Waals surface area contributed by atoms with Crippen LogP contribution in [0, 0.1) is 12.7 Å². The zero-order valence-electron chi connectivity index (χ0n) is 18.3. The Balaban J connectivity index is 2.04. The second-order valence-electron chi connectivity index (χ2n) is 7.65. The highest BCUT2D eigenvalue weighted by Gasteiger charge is 2.39. The van der Waals surface area contributed by atoms with Crippen LogP contribution in [-0.2, 0) is 24.5 Å². The molecule has 186 valence electrons. The molecule has 3 aromatic rings. The van der Waals surface area contributed by atoms with Crippen LogP contribution in [-0.4, -0.2) is 28.9 Å². The zero-order valence-corrected chi connectivity index (χ0v) is 19.9. The van der Waals surface area contributed by atoms with Gasteiger partial charge in [-0.25, -0.2) is 21.2 Å². The van der Waals surface area contributed by atoms with Gasteiger partial charge in [0.25, 0.3) is 0 Å². The monoisotopic (exact) mass is 529 g/mol. The lowest BCUT2D eigenvalue weighted by molar-refractivity contribution is -0.174. The van der Waals surface area contributed by atoms with Crippen LogP contribution in [0.2, 0.25) is 0 Å². The highest BCUT2D eigenvalue weighted by molar-refractivity contribution is 7.94. The van der Waals surface area contributed by atoms with E-state index in [2.05, 4.69) is 0 Å². The van der Waals surface area contributed by atoms with Gasteiger partial charge < -0.3 is 5.32 Å². The number of halogens is 4. The molecule has 0 fully saturated rings. The molecule has 0 radical (unpaired) electrons. The van der Waals surface area contributed by atoms with Crippen molar-refractivity contribution in [3.63, 3.8) is 0 Å². The summed E-state index contributed by atoms with van der Waals surface area (Å²) in [5.41, 5.74) is 0.605. The quantitative estimate of drug-likeness (QED) is 0.473. The summed E-state index contributed by atoms with van der Waals surface area (Å²) in [6.45, 7) is 2.83. The second kappa shape index (κ2) is 9.42. The van der Waals surface area contributed by atoms with E-state index in [9.17, 15) is 39.2 Å². The normalized spacial score (nSPS) is 13.3. The number of alkyl halides is 3. The molecular weight excluding hydrogens is 510 g/mol. The first-order chi connectivity index (χ1) is 16.2. The Morgan fingerprint density at radius 1 is 0.829 bits per heavy atom. The first-order valence-electron chi connectivity index (χ1n) is 9.98. The van der Waals surface area contributed by atoms with Gasteiger partial charge in [0.2, 0.25) is 19.7 Å². The fraction of sp³-hybridized carbons (Fsp3) is 0.174. The van der Waals surface area contributed by atoms with Gasteiger partial charge in [-0.3, -0.25) is 4.79 Å². The molecule has 6 nitrogen and oxygen atoms in total. The Morgan fingerprint density at radius 2 is 1.43 bits per heavy atom. The molecule has 3 rings (SSSR count). The number of carbonyl (C=O) groups excluding carboxylic acids is 1. The largest absolute Gasteiger partial charge is 0.471 e. The molecule has 0 aliphatic carbocycles. The summed E-state index contributed by atoms with van der Waals surface area (Å²) < 4.78 is 105. The highest BCUT2D eigenvalue weighted by Crippen LogP contribution is 2.33. The van der Waals surface area contributed by atoms with Gasteiger partial charge in [-0.2, -0.15) is 13.2 Å². The van der Waals surface area contributed by atoms with E-state index in [1.807, 2.05) is 0 Å². The Hall–Kier alpha value is -3.25. The van der Waals surface area contributed by atoms with Crippen molar-refractivity contribution in [1.82, 2.24) is 5.32 Å². The van der Waals surface area contributed by atoms with Gasteiger partial charge >= 0.3 is 12.1 Å². The number of carbonyl (C=O) groups is 1. The number of benzene rings is 3. The SMILES string of the molecule is Cc1ccc(S(=O)(=O)c2ccc([C@H](C)NC(=O)C(F)(F)F)cc2)c(S(=O)(=O)c2ccccc2F)c1. The predicted molar refractivity (Wildman–Crippen MR) is 118 cm³/mol. The molecule has 1 N–H and O–H groups in total. The summed E-state index contributed by atoms with van der Waals surface area (Å²) in [6.07, 6.45) is -5.08. The van der Waals surface area contributed by atoms with Gasteiger partial charge in [-0.15, -0.1) is 0 Å². The van der Waals surface area contributed by atoms with Crippen molar-refractivity contribution in [3.05, 3.63) is 83.7 Å². The lowest BCUT2D eigenvalue weighted by atomic mass is 10.1. The van der Waals surface area contributed by atoms with Crippen LogP contribution in [0.3, 0.4) is 0 Å². The number of sulfone groups is 2. The van der Waals surface area contributed by atoms with Crippen LogP contribution < -0.4 is 5.32 Å². The van der Waals surface area contributed by atoms with Crippen molar-refractivity contribution < 1.29 is 39.2 Å². The van der Waals surface area contributed by atoms with Gasteiger partial charge in [-0.1, -0.05) is 30.3 Å². The number of amides is 1. The van der Waals surface area contributed by atoms with Crippen molar-refractivity contribution in [2.24, 2.45) is 0 Å². The minimum atomic E-state index is -5.08. The average Bonchev–Trinajstić information content (AvgIpc) is 2.78. The smallest absolute Gasteiger partial charge is 0.342 e. The first-order valence-corrected chi connectivity index (χ1v) is 13.0. The molecular formula is C23H19F4NO5S2. The van der Waals surface area contributed by atoms with Crippen molar-refractivity contribution in [2.75, 3.05) is 0 Å². The number of hydrogen-bond acceptors (Lipinski definition) is 5. The highest BCUT2D eigenvalue weighted by atomic mass is 32.2. The van der Waals surface area contributed by atoms with Crippen molar-refractivity contribution >= 4 is 25.6 Å². The molecule has 0 heterocycles. The van der Waals surface area contributed by atoms with E-state index in [1.54, 1.807) is 12.2 Å². The van der Waals surface area contributed by atoms with E-state index in [1.165, 1.54) is 37.3 Å².